The zero-order chi connectivity index (χ0) is 15.8. The maximum atomic E-state index is 9.21. The fourth-order valence-corrected chi connectivity index (χ4v) is 1.88. The van der Waals surface area contributed by atoms with Crippen molar-refractivity contribution in [2.45, 2.75) is 51.5 Å². The second-order valence-electron chi connectivity index (χ2n) is 5.40. The van der Waals surface area contributed by atoms with E-state index >= 15 is 0 Å². The van der Waals surface area contributed by atoms with E-state index in [9.17, 15) is 5.26 Å². The van der Waals surface area contributed by atoms with Crippen LogP contribution in [0.15, 0.2) is 0 Å². The number of hydrogen-bond acceptors (Lipinski definition) is 5. The minimum atomic E-state index is -0.398. The van der Waals surface area contributed by atoms with Crippen LogP contribution in [0.4, 0.5) is 0 Å². The number of nitrogens with one attached hydrogen (secondary N) is 1. The Bertz CT molecular complexity index is 269. The Labute approximate surface area is 129 Å². The molecule has 0 saturated heterocycles. The van der Waals surface area contributed by atoms with Gasteiger partial charge < -0.3 is 14.2 Å². The molecule has 1 unspecified atom stereocenters. The molecule has 0 aromatic rings. The van der Waals surface area contributed by atoms with Gasteiger partial charge in [0.25, 0.3) is 0 Å². The van der Waals surface area contributed by atoms with Gasteiger partial charge in [0.2, 0.25) is 0 Å². The molecule has 0 heterocycles. The van der Waals surface area contributed by atoms with Gasteiger partial charge in [-0.15, -0.1) is 0 Å². The maximum absolute atomic E-state index is 9.21. The third-order valence-corrected chi connectivity index (χ3v) is 3.24. The van der Waals surface area contributed by atoms with Crippen LogP contribution in [0.5, 0.6) is 0 Å². The molecular weight excluding hydrogens is 268 g/mol. The number of rotatable bonds is 15. The molecule has 0 aromatic heterocycles. The van der Waals surface area contributed by atoms with Crippen molar-refractivity contribution in [2.75, 3.05) is 46.7 Å². The number of nitrogens with zero attached hydrogens (tertiary/aromatic N) is 1. The predicted octanol–water partition coefficient (Wildman–Crippen LogP) is 2.51. The first-order chi connectivity index (χ1) is 10.2. The van der Waals surface area contributed by atoms with Crippen LogP contribution in [0, 0.1) is 11.3 Å². The van der Waals surface area contributed by atoms with Crippen molar-refractivity contribution in [1.29, 1.82) is 5.26 Å². The van der Waals surface area contributed by atoms with Gasteiger partial charge in [0.1, 0.15) is 5.54 Å². The highest BCUT2D eigenvalue weighted by Crippen LogP contribution is 2.12. The van der Waals surface area contributed by atoms with Gasteiger partial charge >= 0.3 is 0 Å². The SMILES string of the molecule is CCCNC(C)(C#N)CCCCOCCCOCCOC. The van der Waals surface area contributed by atoms with Crippen LogP contribution in [-0.2, 0) is 14.2 Å². The summed E-state index contributed by atoms with van der Waals surface area (Å²) in [5.74, 6) is 0. The van der Waals surface area contributed by atoms with Crippen LogP contribution in [0.3, 0.4) is 0 Å². The molecule has 0 aliphatic carbocycles. The molecule has 0 rings (SSSR count). The van der Waals surface area contributed by atoms with Crippen LogP contribution in [0.1, 0.15) is 46.0 Å². The summed E-state index contributed by atoms with van der Waals surface area (Å²) >= 11 is 0. The normalized spacial score (nSPS) is 13.8. The fraction of sp³-hybridized carbons (Fsp3) is 0.938. The number of methoxy groups -OCH3 is 1. The average Bonchev–Trinajstić information content (AvgIpc) is 2.50. The topological polar surface area (TPSA) is 63.5 Å². The minimum absolute atomic E-state index is 0.398. The van der Waals surface area contributed by atoms with Gasteiger partial charge in [-0.05, 0) is 45.6 Å². The summed E-state index contributed by atoms with van der Waals surface area (Å²) in [6.45, 7) is 8.47. The zero-order valence-electron chi connectivity index (χ0n) is 14.0. The van der Waals surface area contributed by atoms with Crippen molar-refractivity contribution < 1.29 is 14.2 Å². The molecule has 0 bridgehead atoms. The molecule has 21 heavy (non-hydrogen) atoms. The van der Waals surface area contributed by atoms with Crippen LogP contribution in [0.25, 0.3) is 0 Å². The third-order valence-electron chi connectivity index (χ3n) is 3.24. The lowest BCUT2D eigenvalue weighted by Crippen LogP contribution is -2.41. The van der Waals surface area contributed by atoms with Crippen molar-refractivity contribution in [3.05, 3.63) is 0 Å². The first kappa shape index (κ1) is 20.3. The lowest BCUT2D eigenvalue weighted by Gasteiger charge is -2.22. The summed E-state index contributed by atoms with van der Waals surface area (Å²) in [6.07, 6.45) is 4.83. The van der Waals surface area contributed by atoms with Crippen molar-refractivity contribution >= 4 is 0 Å². The minimum Gasteiger partial charge on any atom is -0.382 e. The van der Waals surface area contributed by atoms with E-state index in [-0.39, 0.29) is 0 Å². The predicted molar refractivity (Wildman–Crippen MR) is 84.3 cm³/mol. The van der Waals surface area contributed by atoms with Gasteiger partial charge in [0, 0.05) is 26.9 Å². The lowest BCUT2D eigenvalue weighted by molar-refractivity contribution is 0.0507. The molecule has 1 N–H and O–H groups in total. The van der Waals surface area contributed by atoms with Crippen molar-refractivity contribution in [1.82, 2.24) is 5.32 Å². The van der Waals surface area contributed by atoms with Gasteiger partial charge in [-0.2, -0.15) is 5.26 Å². The monoisotopic (exact) mass is 300 g/mol. The van der Waals surface area contributed by atoms with Gasteiger partial charge in [0.05, 0.1) is 19.3 Å². The number of hydrogen-bond donors (Lipinski definition) is 1. The van der Waals surface area contributed by atoms with E-state index in [1.54, 1.807) is 7.11 Å². The highest BCUT2D eigenvalue weighted by atomic mass is 16.5. The molecule has 0 spiro atoms. The fourth-order valence-electron chi connectivity index (χ4n) is 1.88. The Kier molecular flexibility index (Phi) is 13.8. The van der Waals surface area contributed by atoms with E-state index in [4.69, 9.17) is 14.2 Å². The molecule has 0 radical (unpaired) electrons. The van der Waals surface area contributed by atoms with E-state index in [2.05, 4.69) is 18.3 Å². The van der Waals surface area contributed by atoms with Crippen LogP contribution >= 0.6 is 0 Å². The Morgan fingerprint density at radius 3 is 2.29 bits per heavy atom. The molecule has 124 valence electrons. The summed E-state index contributed by atoms with van der Waals surface area (Å²) in [4.78, 5) is 0. The second kappa shape index (κ2) is 14.3. The van der Waals surface area contributed by atoms with Crippen LogP contribution in [0.2, 0.25) is 0 Å². The number of nitriles is 1. The second-order valence-corrected chi connectivity index (χ2v) is 5.40. The van der Waals surface area contributed by atoms with E-state index in [1.165, 1.54) is 0 Å². The van der Waals surface area contributed by atoms with Gasteiger partial charge in [-0.3, -0.25) is 5.32 Å². The first-order valence-electron chi connectivity index (χ1n) is 7.99. The lowest BCUT2D eigenvalue weighted by atomic mass is 9.96. The molecule has 0 aliphatic rings. The quantitative estimate of drug-likeness (QED) is 0.471. The maximum Gasteiger partial charge on any atom is 0.103 e. The largest absolute Gasteiger partial charge is 0.382 e. The molecule has 0 amide bonds. The Morgan fingerprint density at radius 2 is 1.67 bits per heavy atom. The Balaban J connectivity index is 3.37. The smallest absolute Gasteiger partial charge is 0.103 e. The highest BCUT2D eigenvalue weighted by molar-refractivity contribution is 5.03. The van der Waals surface area contributed by atoms with Crippen LogP contribution < -0.4 is 5.32 Å². The number of ether oxygens (including phenoxy) is 3. The summed E-state index contributed by atoms with van der Waals surface area (Å²) in [5.41, 5.74) is -0.398. The van der Waals surface area contributed by atoms with Crippen molar-refractivity contribution in [2.24, 2.45) is 0 Å². The van der Waals surface area contributed by atoms with Crippen LogP contribution in [-0.4, -0.2) is 52.2 Å². The van der Waals surface area contributed by atoms with E-state index in [0.717, 1.165) is 58.5 Å². The molecule has 1 atom stereocenters. The molecule has 0 aliphatic heterocycles. The van der Waals surface area contributed by atoms with Crippen molar-refractivity contribution in [3.8, 4) is 6.07 Å². The summed E-state index contributed by atoms with van der Waals surface area (Å²) < 4.78 is 15.8. The summed E-state index contributed by atoms with van der Waals surface area (Å²) in [5, 5.41) is 12.5. The standard InChI is InChI=1S/C16H32N2O3/c1-4-9-18-16(2,15-17)8-5-6-10-20-11-7-12-21-14-13-19-3/h18H,4-14H2,1-3H3. The zero-order valence-corrected chi connectivity index (χ0v) is 14.0. The van der Waals surface area contributed by atoms with E-state index in [1.807, 2.05) is 6.92 Å². The van der Waals surface area contributed by atoms with Gasteiger partial charge in [-0.1, -0.05) is 6.92 Å². The van der Waals surface area contributed by atoms with Crippen molar-refractivity contribution in [3.63, 3.8) is 0 Å². The first-order valence-corrected chi connectivity index (χ1v) is 7.99. The van der Waals surface area contributed by atoms with E-state index in [0.29, 0.717) is 13.2 Å². The van der Waals surface area contributed by atoms with E-state index < -0.39 is 5.54 Å². The Hall–Kier alpha value is -0.670. The summed E-state index contributed by atoms with van der Waals surface area (Å²) in [6, 6.07) is 2.37. The molecule has 5 nitrogen and oxygen atoms in total. The molecular formula is C16H32N2O3. The molecule has 0 saturated carbocycles. The summed E-state index contributed by atoms with van der Waals surface area (Å²) in [7, 11) is 1.67. The molecule has 5 heteroatoms. The van der Waals surface area contributed by atoms with Gasteiger partial charge in [-0.25, -0.2) is 0 Å². The number of unbranched alkanes of at least 4 members (excludes halogenated alkanes) is 1. The third kappa shape index (κ3) is 12.8. The average molecular weight is 300 g/mol. The molecule has 0 aromatic carbocycles. The highest BCUT2D eigenvalue weighted by Gasteiger charge is 2.21. The molecule has 0 fully saturated rings. The van der Waals surface area contributed by atoms with Gasteiger partial charge in [0.15, 0.2) is 0 Å². The Morgan fingerprint density at radius 1 is 1.00 bits per heavy atom.